The lowest BCUT2D eigenvalue weighted by atomic mass is 9.96. The van der Waals surface area contributed by atoms with E-state index in [1.165, 1.54) is 11.8 Å². The lowest BCUT2D eigenvalue weighted by Crippen LogP contribution is -2.42. The van der Waals surface area contributed by atoms with E-state index in [9.17, 15) is 9.59 Å². The second-order valence-corrected chi connectivity index (χ2v) is 6.41. The summed E-state index contributed by atoms with van der Waals surface area (Å²) in [6.07, 6.45) is 1.31. The van der Waals surface area contributed by atoms with Crippen molar-refractivity contribution < 1.29 is 19.1 Å². The van der Waals surface area contributed by atoms with Crippen LogP contribution in [0.2, 0.25) is 0 Å². The number of hydrogen-bond acceptors (Lipinski definition) is 5. The first kappa shape index (κ1) is 17.5. The van der Waals surface area contributed by atoms with Crippen molar-refractivity contribution in [2.75, 3.05) is 33.1 Å². The second kappa shape index (κ2) is 8.10. The minimum Gasteiger partial charge on any atom is -0.493 e. The number of hydrogen-bond donors (Lipinski definition) is 1. The molecule has 0 spiro atoms. The summed E-state index contributed by atoms with van der Waals surface area (Å²) >= 11 is 1.46. The quantitative estimate of drug-likeness (QED) is 0.795. The van der Waals surface area contributed by atoms with Crippen molar-refractivity contribution >= 4 is 23.6 Å². The number of carbonyl (C=O) groups excluding carboxylic acids is 2. The first-order valence-electron chi connectivity index (χ1n) is 7.47. The highest BCUT2D eigenvalue weighted by Crippen LogP contribution is 2.32. The number of nitrogens with zero attached hydrogens (tertiary/aromatic N) is 1. The summed E-state index contributed by atoms with van der Waals surface area (Å²) in [7, 11) is 3.17. The van der Waals surface area contributed by atoms with Gasteiger partial charge >= 0.3 is 0 Å². The summed E-state index contributed by atoms with van der Waals surface area (Å²) in [5.74, 6) is 1.38. The van der Waals surface area contributed by atoms with E-state index >= 15 is 0 Å². The lowest BCUT2D eigenvalue weighted by molar-refractivity contribution is -0.132. The van der Waals surface area contributed by atoms with Crippen LogP contribution >= 0.6 is 11.8 Å². The smallest absolute Gasteiger partial charge is 0.232 e. The standard InChI is InChI=1S/C16H22N2O4S/c1-21-13-4-3-12(9-14(13)22-2)23-10-15(19)18-7-5-11(6-8-18)16(17)20/h3-4,9,11H,5-8,10H2,1-2H3,(H2,17,20). The van der Waals surface area contributed by atoms with Crippen LogP contribution in [-0.4, -0.2) is 49.8 Å². The molecule has 0 radical (unpaired) electrons. The van der Waals surface area contributed by atoms with Crippen LogP contribution in [0.3, 0.4) is 0 Å². The van der Waals surface area contributed by atoms with Crippen molar-refractivity contribution in [1.29, 1.82) is 0 Å². The molecule has 1 aromatic carbocycles. The van der Waals surface area contributed by atoms with E-state index in [-0.39, 0.29) is 17.7 Å². The summed E-state index contributed by atoms with van der Waals surface area (Å²) in [5.41, 5.74) is 5.31. The number of likely N-dealkylation sites (tertiary alicyclic amines) is 1. The molecule has 1 saturated heterocycles. The molecule has 0 atom stereocenters. The zero-order valence-electron chi connectivity index (χ0n) is 13.4. The van der Waals surface area contributed by atoms with Gasteiger partial charge in [-0.3, -0.25) is 9.59 Å². The number of methoxy groups -OCH3 is 2. The number of benzene rings is 1. The molecule has 1 fully saturated rings. The van der Waals surface area contributed by atoms with Crippen molar-refractivity contribution in [1.82, 2.24) is 4.90 Å². The molecule has 6 nitrogen and oxygen atoms in total. The molecule has 0 unspecified atom stereocenters. The SMILES string of the molecule is COc1ccc(SCC(=O)N2CCC(C(N)=O)CC2)cc1OC. The minimum atomic E-state index is -0.267. The van der Waals surface area contributed by atoms with Crippen LogP contribution in [0.5, 0.6) is 11.5 Å². The van der Waals surface area contributed by atoms with Crippen LogP contribution in [0, 0.1) is 5.92 Å². The third-order valence-electron chi connectivity index (χ3n) is 3.97. The number of piperidine rings is 1. The zero-order chi connectivity index (χ0) is 16.8. The van der Waals surface area contributed by atoms with Crippen LogP contribution in [0.1, 0.15) is 12.8 Å². The van der Waals surface area contributed by atoms with Gasteiger partial charge in [0, 0.05) is 23.9 Å². The van der Waals surface area contributed by atoms with Crippen molar-refractivity contribution in [3.63, 3.8) is 0 Å². The van der Waals surface area contributed by atoms with E-state index in [0.29, 0.717) is 43.2 Å². The maximum Gasteiger partial charge on any atom is 0.232 e. The third-order valence-corrected chi connectivity index (χ3v) is 4.95. The number of rotatable bonds is 6. The topological polar surface area (TPSA) is 81.9 Å². The maximum absolute atomic E-state index is 12.3. The molecule has 23 heavy (non-hydrogen) atoms. The predicted molar refractivity (Wildman–Crippen MR) is 88.8 cm³/mol. The molecular formula is C16H22N2O4S. The highest BCUT2D eigenvalue weighted by Gasteiger charge is 2.25. The van der Waals surface area contributed by atoms with E-state index in [1.807, 2.05) is 18.2 Å². The van der Waals surface area contributed by atoms with E-state index < -0.39 is 0 Å². The molecule has 126 valence electrons. The Labute approximate surface area is 140 Å². The average molecular weight is 338 g/mol. The van der Waals surface area contributed by atoms with Gasteiger partial charge in [-0.15, -0.1) is 11.8 Å². The summed E-state index contributed by atoms with van der Waals surface area (Å²) in [5, 5.41) is 0. The minimum absolute atomic E-state index is 0.0766. The molecule has 1 aliphatic heterocycles. The molecular weight excluding hydrogens is 316 g/mol. The molecule has 0 aromatic heterocycles. The predicted octanol–water partition coefficient (Wildman–Crippen LogP) is 1.52. The van der Waals surface area contributed by atoms with E-state index in [1.54, 1.807) is 19.1 Å². The number of primary amides is 1. The van der Waals surface area contributed by atoms with Crippen LogP contribution in [0.25, 0.3) is 0 Å². The first-order valence-corrected chi connectivity index (χ1v) is 8.45. The van der Waals surface area contributed by atoms with Gasteiger partial charge < -0.3 is 20.1 Å². The van der Waals surface area contributed by atoms with Gasteiger partial charge in [-0.25, -0.2) is 0 Å². The fraction of sp³-hybridized carbons (Fsp3) is 0.500. The van der Waals surface area contributed by atoms with Gasteiger partial charge in [-0.2, -0.15) is 0 Å². The second-order valence-electron chi connectivity index (χ2n) is 5.36. The van der Waals surface area contributed by atoms with Crippen molar-refractivity contribution in [2.45, 2.75) is 17.7 Å². The Bertz CT molecular complexity index is 571. The molecule has 1 aliphatic rings. The van der Waals surface area contributed by atoms with Crippen LogP contribution in [0.15, 0.2) is 23.1 Å². The molecule has 0 bridgehead atoms. The maximum atomic E-state index is 12.3. The van der Waals surface area contributed by atoms with Gasteiger partial charge in [-0.1, -0.05) is 0 Å². The molecule has 2 amide bonds. The Balaban J connectivity index is 1.86. The van der Waals surface area contributed by atoms with Crippen LogP contribution < -0.4 is 15.2 Å². The molecule has 2 N–H and O–H groups in total. The number of carbonyl (C=O) groups is 2. The van der Waals surface area contributed by atoms with Crippen molar-refractivity contribution in [3.8, 4) is 11.5 Å². The fourth-order valence-corrected chi connectivity index (χ4v) is 3.38. The van der Waals surface area contributed by atoms with Crippen molar-refractivity contribution in [2.24, 2.45) is 11.7 Å². The Morgan fingerprint density at radius 2 is 1.87 bits per heavy atom. The van der Waals surface area contributed by atoms with Gasteiger partial charge in [0.2, 0.25) is 11.8 Å². The largest absolute Gasteiger partial charge is 0.493 e. The Kier molecular flexibility index (Phi) is 6.15. The van der Waals surface area contributed by atoms with E-state index in [0.717, 1.165) is 4.90 Å². The number of ether oxygens (including phenoxy) is 2. The summed E-state index contributed by atoms with van der Waals surface area (Å²) < 4.78 is 10.5. The van der Waals surface area contributed by atoms with Gasteiger partial charge in [0.25, 0.3) is 0 Å². The van der Waals surface area contributed by atoms with Crippen molar-refractivity contribution in [3.05, 3.63) is 18.2 Å². The molecule has 0 saturated carbocycles. The van der Waals surface area contributed by atoms with Gasteiger partial charge in [0.1, 0.15) is 0 Å². The molecule has 1 heterocycles. The first-order chi connectivity index (χ1) is 11.0. The van der Waals surface area contributed by atoms with E-state index in [2.05, 4.69) is 0 Å². The molecule has 7 heteroatoms. The van der Waals surface area contributed by atoms with Crippen LogP contribution in [-0.2, 0) is 9.59 Å². The number of thioether (sulfide) groups is 1. The Hall–Kier alpha value is -1.89. The van der Waals surface area contributed by atoms with Crippen LogP contribution in [0.4, 0.5) is 0 Å². The van der Waals surface area contributed by atoms with Gasteiger partial charge in [0.15, 0.2) is 11.5 Å². The Morgan fingerprint density at radius 1 is 1.22 bits per heavy atom. The highest BCUT2D eigenvalue weighted by molar-refractivity contribution is 8.00. The monoisotopic (exact) mass is 338 g/mol. The highest BCUT2D eigenvalue weighted by atomic mass is 32.2. The number of amides is 2. The molecule has 0 aliphatic carbocycles. The zero-order valence-corrected chi connectivity index (χ0v) is 14.2. The third kappa shape index (κ3) is 4.54. The summed E-state index contributed by atoms with van der Waals surface area (Å²) in [6.45, 7) is 1.19. The number of nitrogens with two attached hydrogens (primary N) is 1. The molecule has 1 aromatic rings. The normalized spacial score (nSPS) is 15.3. The lowest BCUT2D eigenvalue weighted by Gasteiger charge is -2.30. The molecule has 2 rings (SSSR count). The fourth-order valence-electron chi connectivity index (χ4n) is 2.56. The average Bonchev–Trinajstić information content (AvgIpc) is 2.59. The van der Waals surface area contributed by atoms with E-state index in [4.69, 9.17) is 15.2 Å². The van der Waals surface area contributed by atoms with Gasteiger partial charge in [0.05, 0.1) is 20.0 Å². The Morgan fingerprint density at radius 3 is 2.43 bits per heavy atom. The van der Waals surface area contributed by atoms with Gasteiger partial charge in [-0.05, 0) is 31.0 Å². The summed E-state index contributed by atoms with van der Waals surface area (Å²) in [4.78, 5) is 26.2. The summed E-state index contributed by atoms with van der Waals surface area (Å²) in [6, 6.07) is 5.58.